The van der Waals surface area contributed by atoms with Crippen LogP contribution >= 0.6 is 0 Å². The third kappa shape index (κ3) is 3.36. The van der Waals surface area contributed by atoms with Gasteiger partial charge in [0.25, 0.3) is 0 Å². The lowest BCUT2D eigenvalue weighted by Gasteiger charge is -2.16. The minimum atomic E-state index is -2.86. The molecule has 1 aromatic carbocycles. The molecule has 5 nitrogen and oxygen atoms in total. The van der Waals surface area contributed by atoms with Gasteiger partial charge in [0.1, 0.15) is 11.5 Å². The summed E-state index contributed by atoms with van der Waals surface area (Å²) in [6.45, 7) is 1.90. The molecule has 0 amide bonds. The first-order valence-electron chi connectivity index (χ1n) is 5.54. The maximum absolute atomic E-state index is 11.9. The summed E-state index contributed by atoms with van der Waals surface area (Å²) >= 11 is 0. The average molecular weight is 272 g/mol. The zero-order valence-corrected chi connectivity index (χ0v) is 12.0. The van der Waals surface area contributed by atoms with E-state index in [1.54, 1.807) is 12.1 Å². The summed E-state index contributed by atoms with van der Waals surface area (Å²) in [5.74, 6) is 1.03. The smallest absolute Gasteiger partial charge is 0.136 e. The van der Waals surface area contributed by atoms with Gasteiger partial charge in [-0.2, -0.15) is 0 Å². The second kappa shape index (κ2) is 5.58. The van der Waals surface area contributed by atoms with Crippen molar-refractivity contribution in [2.75, 3.05) is 20.5 Å². The molecule has 0 aliphatic heterocycles. The largest absolute Gasteiger partial charge is 0.496 e. The SMILES string of the molecule is COc1cc(S(C)(=N)=O)c(OC)cc1C[C@H](C)N. The molecule has 6 heteroatoms. The lowest BCUT2D eigenvalue weighted by Crippen LogP contribution is -2.18. The van der Waals surface area contributed by atoms with Gasteiger partial charge in [-0.05, 0) is 25.0 Å². The van der Waals surface area contributed by atoms with Gasteiger partial charge in [0.2, 0.25) is 0 Å². The molecule has 2 atom stereocenters. The van der Waals surface area contributed by atoms with Gasteiger partial charge in [-0.15, -0.1) is 0 Å². The highest BCUT2D eigenvalue weighted by Crippen LogP contribution is 2.32. The summed E-state index contributed by atoms with van der Waals surface area (Å²) in [5, 5.41) is 0. The van der Waals surface area contributed by atoms with Crippen LogP contribution in [0, 0.1) is 4.78 Å². The molecule has 0 saturated carbocycles. The molecule has 1 unspecified atom stereocenters. The fourth-order valence-corrected chi connectivity index (χ4v) is 2.60. The van der Waals surface area contributed by atoms with Crippen molar-refractivity contribution in [1.82, 2.24) is 0 Å². The molecule has 0 spiro atoms. The summed E-state index contributed by atoms with van der Waals surface area (Å²) in [6.07, 6.45) is 1.98. The van der Waals surface area contributed by atoms with E-state index in [2.05, 4.69) is 0 Å². The second-order valence-corrected chi connectivity index (χ2v) is 6.47. The van der Waals surface area contributed by atoms with Crippen molar-refractivity contribution in [2.24, 2.45) is 5.73 Å². The Bertz CT molecular complexity index is 524. The van der Waals surface area contributed by atoms with Gasteiger partial charge in [0.05, 0.1) is 28.8 Å². The van der Waals surface area contributed by atoms with E-state index in [4.69, 9.17) is 20.0 Å². The number of nitrogens with one attached hydrogen (secondary N) is 1. The van der Waals surface area contributed by atoms with Crippen molar-refractivity contribution in [3.63, 3.8) is 0 Å². The Labute approximate surface area is 108 Å². The summed E-state index contributed by atoms with van der Waals surface area (Å²) in [7, 11) is 0.172. The topological polar surface area (TPSA) is 85.4 Å². The van der Waals surface area contributed by atoms with Crippen LogP contribution in [0.25, 0.3) is 0 Å². The van der Waals surface area contributed by atoms with E-state index in [1.807, 2.05) is 6.92 Å². The quantitative estimate of drug-likeness (QED) is 0.853. The summed E-state index contributed by atoms with van der Waals surface area (Å²) < 4.78 is 30.0. The van der Waals surface area contributed by atoms with E-state index < -0.39 is 9.73 Å². The first-order chi connectivity index (χ1) is 8.29. The van der Waals surface area contributed by atoms with E-state index in [1.165, 1.54) is 20.5 Å². The van der Waals surface area contributed by atoms with Gasteiger partial charge in [-0.1, -0.05) is 0 Å². The average Bonchev–Trinajstić information content (AvgIpc) is 2.26. The van der Waals surface area contributed by atoms with E-state index in [-0.39, 0.29) is 6.04 Å². The van der Waals surface area contributed by atoms with Crippen LogP contribution in [0.15, 0.2) is 17.0 Å². The van der Waals surface area contributed by atoms with Crippen molar-refractivity contribution >= 4 is 9.73 Å². The van der Waals surface area contributed by atoms with Crippen molar-refractivity contribution in [3.8, 4) is 11.5 Å². The van der Waals surface area contributed by atoms with Gasteiger partial charge in [-0.3, -0.25) is 0 Å². The Morgan fingerprint density at radius 1 is 1.33 bits per heavy atom. The Morgan fingerprint density at radius 2 is 1.89 bits per heavy atom. The van der Waals surface area contributed by atoms with E-state index in [9.17, 15) is 4.21 Å². The third-order valence-corrected chi connectivity index (χ3v) is 3.69. The highest BCUT2D eigenvalue weighted by atomic mass is 32.2. The highest BCUT2D eigenvalue weighted by molar-refractivity contribution is 7.91. The third-order valence-electron chi connectivity index (χ3n) is 2.53. The Hall–Kier alpha value is -1.27. The Morgan fingerprint density at radius 3 is 2.28 bits per heavy atom. The Kier molecular flexibility index (Phi) is 4.59. The van der Waals surface area contributed by atoms with Crippen molar-refractivity contribution < 1.29 is 13.7 Å². The number of benzene rings is 1. The van der Waals surface area contributed by atoms with Gasteiger partial charge in [0.15, 0.2) is 0 Å². The van der Waals surface area contributed by atoms with Crippen molar-refractivity contribution in [1.29, 1.82) is 4.78 Å². The molecular formula is C12H20N2O3S. The molecule has 0 fully saturated rings. The van der Waals surface area contributed by atoms with Gasteiger partial charge in [-0.25, -0.2) is 8.99 Å². The fraction of sp³-hybridized carbons (Fsp3) is 0.500. The summed E-state index contributed by atoms with van der Waals surface area (Å²) in [5.41, 5.74) is 6.66. The molecule has 0 radical (unpaired) electrons. The molecule has 1 rings (SSSR count). The molecule has 0 heterocycles. The van der Waals surface area contributed by atoms with Crippen LogP contribution in [-0.4, -0.2) is 30.7 Å². The second-order valence-electron chi connectivity index (χ2n) is 4.34. The minimum absolute atomic E-state index is 0.0172. The number of hydrogen-bond donors (Lipinski definition) is 2. The fourth-order valence-electron chi connectivity index (χ4n) is 1.74. The van der Waals surface area contributed by atoms with E-state index >= 15 is 0 Å². The zero-order chi connectivity index (χ0) is 13.9. The highest BCUT2D eigenvalue weighted by Gasteiger charge is 2.17. The Balaban J connectivity index is 3.42. The molecular weight excluding hydrogens is 252 g/mol. The lowest BCUT2D eigenvalue weighted by atomic mass is 10.1. The van der Waals surface area contributed by atoms with Crippen LogP contribution in [0.5, 0.6) is 11.5 Å². The van der Waals surface area contributed by atoms with E-state index in [0.717, 1.165) is 5.56 Å². The predicted octanol–water partition coefficient (Wildman–Crippen LogP) is 1.63. The number of ether oxygens (including phenoxy) is 2. The monoisotopic (exact) mass is 272 g/mol. The summed E-state index contributed by atoms with van der Waals surface area (Å²) in [6, 6.07) is 3.33. The lowest BCUT2D eigenvalue weighted by molar-refractivity contribution is 0.388. The molecule has 3 N–H and O–H groups in total. The molecule has 1 aromatic rings. The van der Waals surface area contributed by atoms with Gasteiger partial charge in [0, 0.05) is 18.4 Å². The van der Waals surface area contributed by atoms with Crippen LogP contribution in [-0.2, 0) is 16.1 Å². The molecule has 102 valence electrons. The number of hydrogen-bond acceptors (Lipinski definition) is 5. The van der Waals surface area contributed by atoms with Crippen LogP contribution in [0.2, 0.25) is 0 Å². The molecule has 0 saturated heterocycles. The maximum atomic E-state index is 11.9. The number of rotatable bonds is 5. The first kappa shape index (κ1) is 14.8. The predicted molar refractivity (Wildman–Crippen MR) is 72.0 cm³/mol. The van der Waals surface area contributed by atoms with Crippen LogP contribution in [0.1, 0.15) is 12.5 Å². The van der Waals surface area contributed by atoms with Crippen LogP contribution < -0.4 is 15.2 Å². The maximum Gasteiger partial charge on any atom is 0.136 e. The normalized spacial score (nSPS) is 15.8. The number of methoxy groups -OCH3 is 2. The molecule has 18 heavy (non-hydrogen) atoms. The van der Waals surface area contributed by atoms with Crippen LogP contribution in [0.4, 0.5) is 0 Å². The molecule has 0 aliphatic carbocycles. The van der Waals surface area contributed by atoms with Gasteiger partial charge < -0.3 is 15.2 Å². The molecule has 0 aromatic heterocycles. The zero-order valence-electron chi connectivity index (χ0n) is 11.1. The molecule has 0 bridgehead atoms. The number of nitrogens with two attached hydrogens (primary N) is 1. The standard InChI is InChI=1S/C12H20N2O3S/c1-8(13)5-9-6-11(17-3)12(18(4,14)15)7-10(9)16-2/h6-8,14H,5,13H2,1-4H3/t8-,18?/m0/s1. The van der Waals surface area contributed by atoms with Crippen LogP contribution in [0.3, 0.4) is 0 Å². The molecule has 0 aliphatic rings. The minimum Gasteiger partial charge on any atom is -0.496 e. The van der Waals surface area contributed by atoms with Gasteiger partial charge >= 0.3 is 0 Å². The van der Waals surface area contributed by atoms with E-state index in [0.29, 0.717) is 22.8 Å². The van der Waals surface area contributed by atoms with Crippen molar-refractivity contribution in [2.45, 2.75) is 24.3 Å². The van der Waals surface area contributed by atoms with Crippen molar-refractivity contribution in [3.05, 3.63) is 17.7 Å². The summed E-state index contributed by atoms with van der Waals surface area (Å²) in [4.78, 5) is 0.343. The first-order valence-corrected chi connectivity index (χ1v) is 7.50.